The minimum atomic E-state index is -1.36. The van der Waals surface area contributed by atoms with Crippen molar-refractivity contribution in [1.29, 1.82) is 0 Å². The van der Waals surface area contributed by atoms with Crippen LogP contribution in [0.2, 0.25) is 0 Å². The number of allylic oxidation sites excluding steroid dienone is 2. The van der Waals surface area contributed by atoms with Gasteiger partial charge in [-0.1, -0.05) is 5.57 Å². The van der Waals surface area contributed by atoms with Crippen LogP contribution < -0.4 is 0 Å². The molecular formula is C16H22O5. The molecule has 0 aromatic carbocycles. The molecule has 0 bridgehead atoms. The summed E-state index contributed by atoms with van der Waals surface area (Å²) in [4.78, 5) is 37.2. The molecule has 0 radical (unpaired) electrons. The van der Waals surface area contributed by atoms with Gasteiger partial charge < -0.3 is 9.47 Å². The Morgan fingerprint density at radius 3 is 2.29 bits per heavy atom. The van der Waals surface area contributed by atoms with Crippen molar-refractivity contribution in [2.45, 2.75) is 46.5 Å². The van der Waals surface area contributed by atoms with Gasteiger partial charge in [-0.15, -0.1) is 0 Å². The van der Waals surface area contributed by atoms with Gasteiger partial charge in [0.05, 0.1) is 13.2 Å². The van der Waals surface area contributed by atoms with Gasteiger partial charge in [-0.2, -0.15) is 0 Å². The number of esters is 2. The van der Waals surface area contributed by atoms with Gasteiger partial charge in [0.15, 0.2) is 11.2 Å². The van der Waals surface area contributed by atoms with Crippen molar-refractivity contribution in [3.8, 4) is 0 Å². The number of hydrogen-bond acceptors (Lipinski definition) is 5. The fraction of sp³-hybridized carbons (Fsp3) is 0.688. The van der Waals surface area contributed by atoms with E-state index >= 15 is 0 Å². The zero-order valence-corrected chi connectivity index (χ0v) is 12.9. The summed E-state index contributed by atoms with van der Waals surface area (Å²) in [7, 11) is 0. The fourth-order valence-corrected chi connectivity index (χ4v) is 3.64. The second-order valence-electron chi connectivity index (χ2n) is 5.65. The van der Waals surface area contributed by atoms with Crippen molar-refractivity contribution in [1.82, 2.24) is 0 Å². The van der Waals surface area contributed by atoms with Crippen molar-refractivity contribution in [3.63, 3.8) is 0 Å². The van der Waals surface area contributed by atoms with Gasteiger partial charge in [0.25, 0.3) is 0 Å². The summed E-state index contributed by atoms with van der Waals surface area (Å²) in [5.74, 6) is -1.45. The molecule has 0 aromatic rings. The van der Waals surface area contributed by atoms with Crippen LogP contribution in [-0.4, -0.2) is 30.9 Å². The number of fused-ring (bicyclic) bond motifs is 1. The molecule has 0 spiro atoms. The Morgan fingerprint density at radius 2 is 1.76 bits per heavy atom. The normalized spacial score (nSPS) is 23.8. The summed E-state index contributed by atoms with van der Waals surface area (Å²) in [6.45, 7) is 5.65. The second-order valence-corrected chi connectivity index (χ2v) is 5.65. The van der Waals surface area contributed by atoms with Gasteiger partial charge in [-0.3, -0.25) is 14.4 Å². The lowest BCUT2D eigenvalue weighted by atomic mass is 9.69. The van der Waals surface area contributed by atoms with Gasteiger partial charge in [-0.05, 0) is 45.6 Å². The number of carbonyl (C=O) groups is 3. The van der Waals surface area contributed by atoms with E-state index in [1.54, 1.807) is 13.8 Å². The Bertz CT molecular complexity index is 485. The first-order valence-corrected chi connectivity index (χ1v) is 7.56. The fourth-order valence-electron chi connectivity index (χ4n) is 3.64. The van der Waals surface area contributed by atoms with Gasteiger partial charge in [0.2, 0.25) is 0 Å². The van der Waals surface area contributed by atoms with E-state index in [0.717, 1.165) is 5.57 Å². The Balaban J connectivity index is 2.45. The predicted octanol–water partition coefficient (Wildman–Crippen LogP) is 2.19. The molecule has 1 unspecified atom stereocenters. The highest BCUT2D eigenvalue weighted by molar-refractivity contribution is 6.07. The maximum atomic E-state index is 12.5. The summed E-state index contributed by atoms with van der Waals surface area (Å²) in [5, 5.41) is 0. The Labute approximate surface area is 124 Å². The lowest BCUT2D eigenvalue weighted by molar-refractivity contribution is -0.175. The van der Waals surface area contributed by atoms with Crippen LogP contribution in [0.1, 0.15) is 46.5 Å². The lowest BCUT2D eigenvalue weighted by Gasteiger charge is -2.34. The number of hydrogen-bond donors (Lipinski definition) is 0. The molecule has 0 amide bonds. The summed E-state index contributed by atoms with van der Waals surface area (Å²) in [6.07, 6.45) is 2.07. The third-order valence-corrected chi connectivity index (χ3v) is 4.42. The maximum Gasteiger partial charge on any atom is 0.324 e. The van der Waals surface area contributed by atoms with Crippen LogP contribution in [0.3, 0.4) is 0 Å². The predicted molar refractivity (Wildman–Crippen MR) is 75.4 cm³/mol. The molecule has 0 heterocycles. The summed E-state index contributed by atoms with van der Waals surface area (Å²) in [6, 6.07) is 0. The molecule has 5 nitrogen and oxygen atoms in total. The Kier molecular flexibility index (Phi) is 4.49. The molecule has 21 heavy (non-hydrogen) atoms. The monoisotopic (exact) mass is 294 g/mol. The smallest absolute Gasteiger partial charge is 0.324 e. The standard InChI is InChI=1S/C16H22O5/c1-4-20-14(18)16(15(19)21-5-2)9-10(3)13-11(16)7-6-8-12(13)17/h11H,4-9H2,1-3H3. The third kappa shape index (κ3) is 2.39. The highest BCUT2D eigenvalue weighted by Gasteiger charge is 2.61. The highest BCUT2D eigenvalue weighted by Crippen LogP contribution is 2.53. The van der Waals surface area contributed by atoms with E-state index in [1.165, 1.54) is 0 Å². The first kappa shape index (κ1) is 15.7. The molecule has 0 saturated heterocycles. The van der Waals surface area contributed by atoms with Gasteiger partial charge in [-0.25, -0.2) is 0 Å². The topological polar surface area (TPSA) is 69.7 Å². The SMILES string of the molecule is CCOC(=O)C1(C(=O)OCC)CC(C)=C2C(=O)CCCC21. The maximum absolute atomic E-state index is 12.5. The van der Waals surface area contributed by atoms with E-state index < -0.39 is 23.3 Å². The van der Waals surface area contributed by atoms with E-state index in [2.05, 4.69) is 0 Å². The number of ketones is 1. The van der Waals surface area contributed by atoms with E-state index in [4.69, 9.17) is 9.47 Å². The van der Waals surface area contributed by atoms with Crippen molar-refractivity contribution in [2.75, 3.05) is 13.2 Å². The van der Waals surface area contributed by atoms with Gasteiger partial charge >= 0.3 is 11.9 Å². The van der Waals surface area contributed by atoms with Gasteiger partial charge in [0.1, 0.15) is 0 Å². The first-order chi connectivity index (χ1) is 9.98. The molecule has 1 saturated carbocycles. The largest absolute Gasteiger partial charge is 0.465 e. The Morgan fingerprint density at radius 1 is 1.19 bits per heavy atom. The highest BCUT2D eigenvalue weighted by atomic mass is 16.6. The van der Waals surface area contributed by atoms with Gasteiger partial charge in [0, 0.05) is 12.3 Å². The first-order valence-electron chi connectivity index (χ1n) is 7.56. The minimum absolute atomic E-state index is 0.0548. The molecule has 2 aliphatic carbocycles. The zero-order valence-electron chi connectivity index (χ0n) is 12.9. The van der Waals surface area contributed by atoms with Crippen LogP contribution in [0.25, 0.3) is 0 Å². The molecule has 1 atom stereocenters. The van der Waals surface area contributed by atoms with E-state index in [-0.39, 0.29) is 25.4 Å². The number of rotatable bonds is 4. The molecule has 2 rings (SSSR count). The van der Waals surface area contributed by atoms with Crippen LogP contribution in [0.15, 0.2) is 11.1 Å². The summed E-state index contributed by atoms with van der Waals surface area (Å²) < 4.78 is 10.3. The second kappa shape index (κ2) is 6.00. The number of Topliss-reactive ketones (excluding diaryl/α,β-unsaturated/α-hetero) is 1. The molecular weight excluding hydrogens is 272 g/mol. The van der Waals surface area contributed by atoms with E-state index in [1.807, 2.05) is 6.92 Å². The molecule has 1 fully saturated rings. The molecule has 0 N–H and O–H groups in total. The van der Waals surface area contributed by atoms with Crippen LogP contribution in [0.5, 0.6) is 0 Å². The van der Waals surface area contributed by atoms with E-state index in [0.29, 0.717) is 24.8 Å². The van der Waals surface area contributed by atoms with Crippen LogP contribution in [0, 0.1) is 11.3 Å². The van der Waals surface area contributed by atoms with Crippen LogP contribution >= 0.6 is 0 Å². The zero-order chi connectivity index (χ0) is 15.6. The van der Waals surface area contributed by atoms with Crippen molar-refractivity contribution < 1.29 is 23.9 Å². The molecule has 0 aliphatic heterocycles. The summed E-state index contributed by atoms with van der Waals surface area (Å²) >= 11 is 0. The lowest BCUT2D eigenvalue weighted by Crippen LogP contribution is -2.47. The molecule has 116 valence electrons. The van der Waals surface area contributed by atoms with Crippen LogP contribution in [-0.2, 0) is 23.9 Å². The Hall–Kier alpha value is -1.65. The number of ether oxygens (including phenoxy) is 2. The van der Waals surface area contributed by atoms with Crippen molar-refractivity contribution >= 4 is 17.7 Å². The van der Waals surface area contributed by atoms with Crippen molar-refractivity contribution in [2.24, 2.45) is 11.3 Å². The molecule has 0 aromatic heterocycles. The average Bonchev–Trinajstić information content (AvgIpc) is 2.75. The average molecular weight is 294 g/mol. The third-order valence-electron chi connectivity index (χ3n) is 4.42. The summed E-state index contributed by atoms with van der Waals surface area (Å²) in [5.41, 5.74) is 0.120. The van der Waals surface area contributed by atoms with E-state index in [9.17, 15) is 14.4 Å². The molecule has 5 heteroatoms. The number of carbonyl (C=O) groups excluding carboxylic acids is 3. The van der Waals surface area contributed by atoms with Crippen molar-refractivity contribution in [3.05, 3.63) is 11.1 Å². The quantitative estimate of drug-likeness (QED) is 0.587. The van der Waals surface area contributed by atoms with Crippen LogP contribution in [0.4, 0.5) is 0 Å². The molecule has 2 aliphatic rings. The minimum Gasteiger partial charge on any atom is -0.465 e.